The normalized spacial score (nSPS) is 21.8. The van der Waals surface area contributed by atoms with Crippen molar-refractivity contribution in [2.45, 2.75) is 52.7 Å². The van der Waals surface area contributed by atoms with Crippen molar-refractivity contribution in [3.8, 4) is 0 Å². The summed E-state index contributed by atoms with van der Waals surface area (Å²) < 4.78 is 5.94. The van der Waals surface area contributed by atoms with Crippen molar-refractivity contribution in [1.82, 2.24) is 4.90 Å². The van der Waals surface area contributed by atoms with E-state index in [1.54, 1.807) is 4.90 Å². The summed E-state index contributed by atoms with van der Waals surface area (Å²) in [5.74, 6) is 0.223. The fraction of sp³-hybridized carbons (Fsp3) is 0.714. The van der Waals surface area contributed by atoms with Crippen LogP contribution in [0.1, 0.15) is 40.5 Å². The van der Waals surface area contributed by atoms with Crippen LogP contribution in [0.15, 0.2) is 11.6 Å². The minimum atomic E-state index is -0.714. The fourth-order valence-electron chi connectivity index (χ4n) is 2.10. The Balaban J connectivity index is 2.71. The first-order valence-electron chi connectivity index (χ1n) is 6.72. The van der Waals surface area contributed by atoms with Crippen molar-refractivity contribution in [2.75, 3.05) is 6.61 Å². The van der Waals surface area contributed by atoms with E-state index in [1.807, 2.05) is 19.9 Å². The summed E-state index contributed by atoms with van der Waals surface area (Å²) in [5, 5.41) is 10.0. The number of rotatable bonds is 5. The molecule has 4 nitrogen and oxygen atoms in total. The van der Waals surface area contributed by atoms with E-state index in [1.165, 1.54) is 0 Å². The van der Waals surface area contributed by atoms with Crippen LogP contribution in [0.25, 0.3) is 0 Å². The van der Waals surface area contributed by atoms with Crippen molar-refractivity contribution >= 4 is 26.2 Å². The molecule has 108 valence electrons. The first kappa shape index (κ1) is 16.4. The second-order valence-corrected chi connectivity index (χ2v) is 5.96. The van der Waals surface area contributed by atoms with E-state index >= 15 is 0 Å². The van der Waals surface area contributed by atoms with Gasteiger partial charge in [0.15, 0.2) is 0 Å². The van der Waals surface area contributed by atoms with Gasteiger partial charge < -0.3 is 0 Å². The molecule has 1 fully saturated rings. The van der Waals surface area contributed by atoms with E-state index in [-0.39, 0.29) is 18.4 Å². The Kier molecular flexibility index (Phi) is 6.24. The molecule has 5 heteroatoms. The molecule has 1 rings (SSSR count). The van der Waals surface area contributed by atoms with E-state index in [9.17, 15) is 9.90 Å². The van der Waals surface area contributed by atoms with Crippen LogP contribution in [0, 0.1) is 5.92 Å². The molecule has 1 saturated heterocycles. The predicted molar refractivity (Wildman–Crippen MR) is 76.9 cm³/mol. The Bertz CT molecular complexity index is 379. The van der Waals surface area contributed by atoms with Crippen LogP contribution in [-0.2, 0) is 9.53 Å². The third kappa shape index (κ3) is 4.16. The van der Waals surface area contributed by atoms with Gasteiger partial charge in [-0.2, -0.15) is 0 Å². The second kappa shape index (κ2) is 7.22. The standard InChI is InChI=1S/C14H23NO3Se/c1-5-6-10(4)12(16)7-13(17)15-11(9(2)3)8-18-14(15)19/h6,9,11-12,16H,5,7-8H2,1-4H3/b10-6+/t11-,12-/m1/s1. The molecule has 0 saturated carbocycles. The van der Waals surface area contributed by atoms with Crippen LogP contribution in [0.2, 0.25) is 0 Å². The molecular weight excluding hydrogens is 309 g/mol. The van der Waals surface area contributed by atoms with Gasteiger partial charge in [-0.1, -0.05) is 0 Å². The van der Waals surface area contributed by atoms with Gasteiger partial charge in [-0.25, -0.2) is 0 Å². The Morgan fingerprint density at radius 2 is 2.26 bits per heavy atom. The number of hydrogen-bond acceptors (Lipinski definition) is 3. The summed E-state index contributed by atoms with van der Waals surface area (Å²) in [6.45, 7) is 8.50. The van der Waals surface area contributed by atoms with Crippen LogP contribution in [0.3, 0.4) is 0 Å². The molecule has 0 radical (unpaired) electrons. The van der Waals surface area contributed by atoms with Gasteiger partial charge in [0.05, 0.1) is 0 Å². The van der Waals surface area contributed by atoms with Crippen LogP contribution in [-0.4, -0.2) is 55.0 Å². The van der Waals surface area contributed by atoms with Crippen LogP contribution in [0.4, 0.5) is 0 Å². The zero-order chi connectivity index (χ0) is 14.6. The molecule has 0 spiro atoms. The number of amides is 1. The van der Waals surface area contributed by atoms with E-state index < -0.39 is 6.10 Å². The van der Waals surface area contributed by atoms with Gasteiger partial charge in [-0.05, 0) is 0 Å². The molecule has 1 N–H and O–H groups in total. The molecule has 1 aliphatic heterocycles. The molecule has 0 aliphatic carbocycles. The third-order valence-electron chi connectivity index (χ3n) is 3.36. The van der Waals surface area contributed by atoms with Crippen molar-refractivity contribution in [2.24, 2.45) is 5.92 Å². The quantitative estimate of drug-likeness (QED) is 0.609. The zero-order valence-corrected chi connectivity index (χ0v) is 13.8. The molecule has 0 aromatic heterocycles. The SMILES string of the molecule is CC/C=C(\C)[C@H](O)CC(=O)N1C(=[Se])OC[C@@H]1C(C)C. The van der Waals surface area contributed by atoms with Gasteiger partial charge in [-0.3, -0.25) is 0 Å². The summed E-state index contributed by atoms with van der Waals surface area (Å²) in [5.41, 5.74) is 0.846. The average Bonchev–Trinajstić information content (AvgIpc) is 2.71. The first-order chi connectivity index (χ1) is 8.88. The van der Waals surface area contributed by atoms with Gasteiger partial charge in [-0.15, -0.1) is 0 Å². The third-order valence-corrected chi connectivity index (χ3v) is 4.02. The number of hydrogen-bond donors (Lipinski definition) is 1. The maximum absolute atomic E-state index is 12.3. The molecule has 1 aliphatic rings. The first-order valence-corrected chi connectivity index (χ1v) is 7.57. The summed E-state index contributed by atoms with van der Waals surface area (Å²) in [7, 11) is 0. The van der Waals surface area contributed by atoms with Crippen LogP contribution in [0.5, 0.6) is 0 Å². The molecule has 0 aromatic carbocycles. The monoisotopic (exact) mass is 333 g/mol. The predicted octanol–water partition coefficient (Wildman–Crippen LogP) is 1.23. The van der Waals surface area contributed by atoms with Crippen molar-refractivity contribution in [1.29, 1.82) is 0 Å². The topological polar surface area (TPSA) is 49.8 Å². The molecule has 19 heavy (non-hydrogen) atoms. The van der Waals surface area contributed by atoms with E-state index in [4.69, 9.17) is 4.74 Å². The molecular formula is C14H23NO3Se. The van der Waals surface area contributed by atoms with Gasteiger partial charge in [0.2, 0.25) is 0 Å². The zero-order valence-electron chi connectivity index (χ0n) is 12.0. The number of aliphatic hydroxyl groups excluding tert-OH is 1. The van der Waals surface area contributed by atoms with Crippen molar-refractivity contribution in [3.05, 3.63) is 11.6 Å². The van der Waals surface area contributed by atoms with Gasteiger partial charge in [0.1, 0.15) is 0 Å². The maximum atomic E-state index is 12.3. The molecule has 1 heterocycles. The number of aliphatic hydroxyl groups is 1. The summed E-state index contributed by atoms with van der Waals surface area (Å²) >= 11 is 2.79. The number of carbonyl (C=O) groups excluding carboxylic acids is 1. The molecule has 0 unspecified atom stereocenters. The summed E-state index contributed by atoms with van der Waals surface area (Å²) in [6, 6.07) is 0.0476. The number of allylic oxidation sites excluding steroid dienone is 1. The van der Waals surface area contributed by atoms with Crippen LogP contribution < -0.4 is 0 Å². The van der Waals surface area contributed by atoms with Crippen molar-refractivity contribution < 1.29 is 14.6 Å². The van der Waals surface area contributed by atoms with Crippen LogP contribution >= 0.6 is 0 Å². The Morgan fingerprint density at radius 1 is 1.63 bits per heavy atom. The summed E-state index contributed by atoms with van der Waals surface area (Å²) in [6.07, 6.45) is 2.19. The van der Waals surface area contributed by atoms with Crippen molar-refractivity contribution in [3.63, 3.8) is 0 Å². The number of ether oxygens (including phenoxy) is 1. The Morgan fingerprint density at radius 3 is 2.79 bits per heavy atom. The van der Waals surface area contributed by atoms with E-state index in [2.05, 4.69) is 29.4 Å². The Hall–Kier alpha value is -0.641. The van der Waals surface area contributed by atoms with Gasteiger partial charge in [0.25, 0.3) is 0 Å². The molecule has 0 aromatic rings. The van der Waals surface area contributed by atoms with Gasteiger partial charge in [0, 0.05) is 0 Å². The number of nitrogens with zero attached hydrogens (tertiary/aromatic N) is 1. The van der Waals surface area contributed by atoms with E-state index in [0.29, 0.717) is 17.3 Å². The second-order valence-electron chi connectivity index (χ2n) is 5.23. The van der Waals surface area contributed by atoms with E-state index in [0.717, 1.165) is 12.0 Å². The molecule has 2 atom stereocenters. The summed E-state index contributed by atoms with van der Waals surface area (Å²) in [4.78, 5) is 14.0. The molecule has 1 amide bonds. The Labute approximate surface area is 123 Å². The average molecular weight is 332 g/mol. The van der Waals surface area contributed by atoms with Gasteiger partial charge >= 0.3 is 123 Å². The molecule has 0 bridgehead atoms. The fourth-order valence-corrected chi connectivity index (χ4v) is 2.74. The number of carbonyl (C=O) groups is 1. The minimum absolute atomic E-state index is 0.0476.